The van der Waals surface area contributed by atoms with E-state index in [1.807, 2.05) is 6.07 Å². The summed E-state index contributed by atoms with van der Waals surface area (Å²) in [5, 5.41) is 25.4. The number of fused-ring (bicyclic) bond motifs is 4. The van der Waals surface area contributed by atoms with E-state index in [1.165, 1.54) is 0 Å². The summed E-state index contributed by atoms with van der Waals surface area (Å²) in [6, 6.07) is 16.0. The molecule has 0 saturated carbocycles. The number of para-hydroxylation sites is 2. The summed E-state index contributed by atoms with van der Waals surface area (Å²) >= 11 is 0. The Morgan fingerprint density at radius 1 is 1.24 bits per heavy atom. The van der Waals surface area contributed by atoms with Gasteiger partial charge in [-0.15, -0.1) is 0 Å². The average molecular weight is 387 g/mol. The van der Waals surface area contributed by atoms with Crippen molar-refractivity contribution in [3.05, 3.63) is 81.3 Å². The summed E-state index contributed by atoms with van der Waals surface area (Å²) in [7, 11) is 0. The van der Waals surface area contributed by atoms with Crippen LogP contribution in [-0.2, 0) is 10.5 Å². The van der Waals surface area contributed by atoms with Crippen LogP contribution < -0.4 is 16.0 Å². The van der Waals surface area contributed by atoms with E-state index in [0.717, 1.165) is 0 Å². The highest BCUT2D eigenvalue weighted by Crippen LogP contribution is 2.72. The minimum Gasteiger partial charge on any atom is -0.334 e. The quantitative estimate of drug-likeness (QED) is 0.559. The third-order valence-electron chi connectivity index (χ3n) is 6.39. The van der Waals surface area contributed by atoms with Gasteiger partial charge in [-0.1, -0.05) is 36.4 Å². The SMILES string of the molecule is N#CC1C(N)O[C@]23c4ccccc4C(=O)[C@]12C([N+](=O)[O-])=C1Nc2ccccc2N13. The molecule has 2 aromatic carbocycles. The Hall–Kier alpha value is -3.74. The molecular formula is C20H13N5O4. The number of nitriles is 1. The van der Waals surface area contributed by atoms with Crippen molar-refractivity contribution in [2.45, 2.75) is 12.0 Å². The highest BCUT2D eigenvalue weighted by atomic mass is 16.6. The number of ether oxygens (including phenoxy) is 1. The van der Waals surface area contributed by atoms with Crippen LogP contribution in [0.5, 0.6) is 0 Å². The number of hydrogen-bond donors (Lipinski definition) is 2. The number of nitro groups is 1. The van der Waals surface area contributed by atoms with Crippen molar-refractivity contribution < 1.29 is 14.5 Å². The van der Waals surface area contributed by atoms with Crippen molar-refractivity contribution in [1.82, 2.24) is 0 Å². The minimum absolute atomic E-state index is 0.145. The second kappa shape index (κ2) is 4.81. The van der Waals surface area contributed by atoms with Gasteiger partial charge in [-0.05, 0) is 12.1 Å². The molecule has 0 amide bonds. The fourth-order valence-electron chi connectivity index (χ4n) is 5.50. The van der Waals surface area contributed by atoms with Gasteiger partial charge in [0.05, 0.1) is 22.4 Å². The van der Waals surface area contributed by atoms with E-state index in [2.05, 4.69) is 5.32 Å². The number of carbonyl (C=O) groups is 1. The predicted molar refractivity (Wildman–Crippen MR) is 99.6 cm³/mol. The number of carbonyl (C=O) groups excluding carboxylic acids is 1. The zero-order chi connectivity index (χ0) is 20.1. The van der Waals surface area contributed by atoms with Crippen LogP contribution in [-0.4, -0.2) is 16.9 Å². The van der Waals surface area contributed by atoms with Crippen molar-refractivity contribution in [1.29, 1.82) is 5.26 Å². The molecule has 0 radical (unpaired) electrons. The Morgan fingerprint density at radius 3 is 2.72 bits per heavy atom. The number of nitrogens with two attached hydrogens (primary N) is 1. The van der Waals surface area contributed by atoms with E-state index in [9.17, 15) is 20.2 Å². The summed E-state index contributed by atoms with van der Waals surface area (Å²) in [5.74, 6) is -1.60. The smallest absolute Gasteiger partial charge is 0.307 e. The van der Waals surface area contributed by atoms with Crippen LogP contribution in [0.3, 0.4) is 0 Å². The second-order valence-electron chi connectivity index (χ2n) is 7.45. The molecule has 9 heteroatoms. The zero-order valence-electron chi connectivity index (χ0n) is 14.8. The topological polar surface area (TPSA) is 135 Å². The molecule has 3 aliphatic heterocycles. The van der Waals surface area contributed by atoms with E-state index in [4.69, 9.17) is 10.5 Å². The first-order valence-electron chi connectivity index (χ1n) is 9.03. The molecule has 2 unspecified atom stereocenters. The molecule has 3 heterocycles. The molecular weight excluding hydrogens is 374 g/mol. The fourth-order valence-corrected chi connectivity index (χ4v) is 5.50. The minimum atomic E-state index is -1.87. The first-order chi connectivity index (χ1) is 14.0. The Kier molecular flexibility index (Phi) is 2.69. The van der Waals surface area contributed by atoms with Gasteiger partial charge in [0.2, 0.25) is 5.72 Å². The molecule has 29 heavy (non-hydrogen) atoms. The molecule has 3 N–H and O–H groups in total. The van der Waals surface area contributed by atoms with Crippen LogP contribution in [0.15, 0.2) is 60.0 Å². The van der Waals surface area contributed by atoms with E-state index in [-0.39, 0.29) is 11.5 Å². The van der Waals surface area contributed by atoms with Gasteiger partial charge in [-0.25, -0.2) is 0 Å². The first kappa shape index (κ1) is 16.2. The summed E-state index contributed by atoms with van der Waals surface area (Å²) in [5.41, 5.74) is 4.37. The van der Waals surface area contributed by atoms with Crippen LogP contribution in [0, 0.1) is 32.8 Å². The van der Waals surface area contributed by atoms with E-state index >= 15 is 0 Å². The normalized spacial score (nSPS) is 32.8. The van der Waals surface area contributed by atoms with Gasteiger partial charge in [0.15, 0.2) is 17.0 Å². The van der Waals surface area contributed by atoms with Crippen molar-refractivity contribution in [2.75, 3.05) is 10.2 Å². The zero-order valence-corrected chi connectivity index (χ0v) is 14.8. The van der Waals surface area contributed by atoms with Crippen molar-refractivity contribution in [3.8, 4) is 6.07 Å². The summed E-state index contributed by atoms with van der Waals surface area (Å²) in [6.45, 7) is 0. The summed E-state index contributed by atoms with van der Waals surface area (Å²) in [6.07, 6.45) is -1.17. The molecule has 142 valence electrons. The number of Topliss-reactive ketones (excluding diaryl/α,β-unsaturated/α-hetero) is 1. The Labute approximate surface area is 164 Å². The molecule has 9 nitrogen and oxygen atoms in total. The van der Waals surface area contributed by atoms with Gasteiger partial charge >= 0.3 is 5.70 Å². The Morgan fingerprint density at radius 2 is 1.97 bits per heavy atom. The maximum absolute atomic E-state index is 13.8. The lowest BCUT2D eigenvalue weighted by atomic mass is 9.68. The predicted octanol–water partition coefficient (Wildman–Crippen LogP) is 1.87. The number of anilines is 2. The van der Waals surface area contributed by atoms with Crippen LogP contribution in [0.1, 0.15) is 15.9 Å². The lowest BCUT2D eigenvalue weighted by Gasteiger charge is -2.38. The first-order valence-corrected chi connectivity index (χ1v) is 9.03. The number of benzene rings is 2. The molecule has 1 aliphatic carbocycles. The third kappa shape index (κ3) is 1.41. The molecule has 6 rings (SSSR count). The Balaban J connectivity index is 1.81. The van der Waals surface area contributed by atoms with E-state index < -0.39 is 34.0 Å². The van der Waals surface area contributed by atoms with Crippen molar-refractivity contribution >= 4 is 17.2 Å². The molecule has 2 aromatic rings. The summed E-state index contributed by atoms with van der Waals surface area (Å²) in [4.78, 5) is 27.2. The van der Waals surface area contributed by atoms with Crippen molar-refractivity contribution in [3.63, 3.8) is 0 Å². The highest BCUT2D eigenvalue weighted by molar-refractivity contribution is 6.12. The summed E-state index contributed by atoms with van der Waals surface area (Å²) < 4.78 is 6.21. The third-order valence-corrected chi connectivity index (χ3v) is 6.39. The van der Waals surface area contributed by atoms with Gasteiger partial charge in [-0.2, -0.15) is 5.26 Å². The monoisotopic (exact) mass is 387 g/mol. The van der Waals surface area contributed by atoms with E-state index in [0.29, 0.717) is 22.5 Å². The molecule has 4 atom stereocenters. The molecule has 1 saturated heterocycles. The van der Waals surface area contributed by atoms with Gasteiger partial charge in [0.1, 0.15) is 12.1 Å². The Bertz CT molecular complexity index is 1230. The molecule has 4 aliphatic rings. The number of rotatable bonds is 1. The van der Waals surface area contributed by atoms with Crippen LogP contribution in [0.25, 0.3) is 0 Å². The maximum atomic E-state index is 13.8. The fraction of sp³-hybridized carbons (Fsp3) is 0.200. The highest BCUT2D eigenvalue weighted by Gasteiger charge is 2.86. The number of nitrogens with one attached hydrogen (secondary N) is 1. The van der Waals surface area contributed by atoms with Crippen molar-refractivity contribution in [2.24, 2.45) is 17.1 Å². The van der Waals surface area contributed by atoms with Gasteiger partial charge in [-0.3, -0.25) is 19.8 Å². The molecule has 1 fully saturated rings. The largest absolute Gasteiger partial charge is 0.334 e. The number of hydrogen-bond acceptors (Lipinski definition) is 8. The van der Waals surface area contributed by atoms with Gasteiger partial charge in [0, 0.05) is 11.1 Å². The second-order valence-corrected chi connectivity index (χ2v) is 7.45. The van der Waals surface area contributed by atoms with E-state index in [1.54, 1.807) is 53.4 Å². The van der Waals surface area contributed by atoms with Crippen LogP contribution in [0.2, 0.25) is 0 Å². The number of nitrogens with zero attached hydrogens (tertiary/aromatic N) is 3. The lowest BCUT2D eigenvalue weighted by Crippen LogP contribution is -2.52. The number of ketones is 1. The molecule has 0 aromatic heterocycles. The van der Waals surface area contributed by atoms with Crippen LogP contribution in [0.4, 0.5) is 11.4 Å². The van der Waals surface area contributed by atoms with Gasteiger partial charge < -0.3 is 15.8 Å². The average Bonchev–Trinajstić information content (AvgIpc) is 3.33. The maximum Gasteiger partial charge on any atom is 0.307 e. The molecule has 0 spiro atoms. The van der Waals surface area contributed by atoms with Crippen LogP contribution >= 0.6 is 0 Å². The van der Waals surface area contributed by atoms with Gasteiger partial charge in [0.25, 0.3) is 0 Å². The lowest BCUT2D eigenvalue weighted by molar-refractivity contribution is -0.440. The molecule has 0 bridgehead atoms. The standard InChI is InChI=1S/C20H13N5O4/c21-9-12-17(22)29-20-11-6-2-1-5-10(11)16(26)19(12,20)15(25(27)28)18-23-13-7-3-4-8-14(13)24(18)20/h1-8,12,17,23H,22H2/t12?,17?,19-,20-/m1/s1.